The normalized spacial score (nSPS) is 15.0. The minimum Gasteiger partial charge on any atom is -0.391 e. The first-order valence-corrected chi connectivity index (χ1v) is 10.1. The second kappa shape index (κ2) is 7.51. The molecular weight excluding hydrogens is 326 g/mol. The van der Waals surface area contributed by atoms with Crippen molar-refractivity contribution in [3.63, 3.8) is 0 Å². The molecule has 0 saturated carbocycles. The average molecular weight is 346 g/mol. The van der Waals surface area contributed by atoms with Gasteiger partial charge in [0.15, 0.2) is 9.84 Å². The van der Waals surface area contributed by atoms with Crippen molar-refractivity contribution in [2.75, 3.05) is 12.3 Å². The summed E-state index contributed by atoms with van der Waals surface area (Å²) >= 11 is 2.84. The molecular formula is C14H19NO3S3. The summed E-state index contributed by atoms with van der Waals surface area (Å²) in [5.41, 5.74) is 0. The third kappa shape index (κ3) is 4.62. The largest absolute Gasteiger partial charge is 0.391 e. The Labute approximate surface area is 133 Å². The first kappa shape index (κ1) is 16.6. The number of aliphatic hydroxyl groups is 1. The SMILES string of the molecule is CCC(NCC(O)CS(=O)(=O)c1cccs1)c1cccs1. The molecule has 0 aromatic carbocycles. The molecule has 0 spiro atoms. The standard InChI is InChI=1S/C14H19NO3S3/c1-2-12(13-5-3-7-19-13)15-9-11(16)10-21(17,18)14-6-4-8-20-14/h3-8,11-12,15-16H,2,9-10H2,1H3. The van der Waals surface area contributed by atoms with E-state index in [-0.39, 0.29) is 18.3 Å². The lowest BCUT2D eigenvalue weighted by Crippen LogP contribution is -2.34. The Morgan fingerprint density at radius 2 is 1.95 bits per heavy atom. The predicted molar refractivity (Wildman–Crippen MR) is 87.7 cm³/mol. The monoisotopic (exact) mass is 345 g/mol. The Morgan fingerprint density at radius 1 is 1.24 bits per heavy atom. The lowest BCUT2D eigenvalue weighted by atomic mass is 10.2. The third-order valence-corrected chi connectivity index (χ3v) is 7.38. The fraction of sp³-hybridized carbons (Fsp3) is 0.429. The van der Waals surface area contributed by atoms with Gasteiger partial charge in [-0.05, 0) is 29.3 Å². The number of nitrogens with one attached hydrogen (secondary N) is 1. The maximum atomic E-state index is 12.1. The van der Waals surface area contributed by atoms with Crippen molar-refractivity contribution in [3.8, 4) is 0 Å². The first-order valence-electron chi connectivity index (χ1n) is 6.74. The van der Waals surface area contributed by atoms with Gasteiger partial charge in [0.2, 0.25) is 0 Å². The van der Waals surface area contributed by atoms with Gasteiger partial charge in [-0.2, -0.15) is 0 Å². The minimum absolute atomic E-state index is 0.157. The van der Waals surface area contributed by atoms with Gasteiger partial charge in [0.1, 0.15) is 4.21 Å². The molecule has 0 aliphatic rings. The van der Waals surface area contributed by atoms with E-state index < -0.39 is 15.9 Å². The molecule has 2 heterocycles. The quantitative estimate of drug-likeness (QED) is 0.772. The topological polar surface area (TPSA) is 66.4 Å². The van der Waals surface area contributed by atoms with E-state index in [0.29, 0.717) is 4.21 Å². The lowest BCUT2D eigenvalue weighted by molar-refractivity contribution is 0.188. The van der Waals surface area contributed by atoms with Crippen LogP contribution in [0.4, 0.5) is 0 Å². The highest BCUT2D eigenvalue weighted by molar-refractivity contribution is 7.93. The molecule has 4 nitrogen and oxygen atoms in total. The van der Waals surface area contributed by atoms with Crippen molar-refractivity contribution in [2.45, 2.75) is 29.7 Å². The van der Waals surface area contributed by atoms with Crippen LogP contribution in [0.2, 0.25) is 0 Å². The minimum atomic E-state index is -3.39. The zero-order valence-corrected chi connectivity index (χ0v) is 14.2. The summed E-state index contributed by atoms with van der Waals surface area (Å²) in [5.74, 6) is -0.249. The number of hydrogen-bond donors (Lipinski definition) is 2. The fourth-order valence-corrected chi connectivity index (χ4v) is 5.41. The maximum absolute atomic E-state index is 12.1. The average Bonchev–Trinajstić information content (AvgIpc) is 3.12. The van der Waals surface area contributed by atoms with Gasteiger partial charge in [0.05, 0.1) is 11.9 Å². The smallest absolute Gasteiger partial charge is 0.190 e. The van der Waals surface area contributed by atoms with Crippen molar-refractivity contribution in [3.05, 3.63) is 39.9 Å². The number of aliphatic hydroxyl groups excluding tert-OH is 1. The van der Waals surface area contributed by atoms with Crippen molar-refractivity contribution >= 4 is 32.5 Å². The van der Waals surface area contributed by atoms with Crippen LogP contribution >= 0.6 is 22.7 Å². The van der Waals surface area contributed by atoms with E-state index in [0.717, 1.165) is 6.42 Å². The van der Waals surface area contributed by atoms with Crippen molar-refractivity contribution in [1.82, 2.24) is 5.32 Å². The van der Waals surface area contributed by atoms with Gasteiger partial charge < -0.3 is 10.4 Å². The van der Waals surface area contributed by atoms with E-state index in [9.17, 15) is 13.5 Å². The number of sulfone groups is 1. The number of hydrogen-bond acceptors (Lipinski definition) is 6. The summed E-state index contributed by atoms with van der Waals surface area (Å²) in [7, 11) is -3.39. The Balaban J connectivity index is 1.89. The van der Waals surface area contributed by atoms with Crippen LogP contribution in [-0.2, 0) is 9.84 Å². The summed E-state index contributed by atoms with van der Waals surface area (Å²) in [6.07, 6.45) is -0.0172. The van der Waals surface area contributed by atoms with Gasteiger partial charge >= 0.3 is 0 Å². The van der Waals surface area contributed by atoms with Crippen molar-refractivity contribution in [1.29, 1.82) is 0 Å². The Morgan fingerprint density at radius 3 is 2.52 bits per heavy atom. The van der Waals surface area contributed by atoms with E-state index in [4.69, 9.17) is 0 Å². The molecule has 0 bridgehead atoms. The summed E-state index contributed by atoms with van der Waals surface area (Å²) in [5, 5.41) is 17.0. The zero-order chi connectivity index (χ0) is 15.3. The Kier molecular flexibility index (Phi) is 5.95. The molecule has 0 aliphatic carbocycles. The second-order valence-electron chi connectivity index (χ2n) is 4.75. The zero-order valence-electron chi connectivity index (χ0n) is 11.7. The summed E-state index contributed by atoms with van der Waals surface area (Å²) in [6.45, 7) is 2.33. The van der Waals surface area contributed by atoms with E-state index >= 15 is 0 Å². The van der Waals surface area contributed by atoms with Crippen LogP contribution in [0, 0.1) is 0 Å². The highest BCUT2D eigenvalue weighted by Crippen LogP contribution is 2.22. The van der Waals surface area contributed by atoms with Crippen LogP contribution in [0.1, 0.15) is 24.3 Å². The molecule has 0 saturated heterocycles. The van der Waals surface area contributed by atoms with Crippen LogP contribution in [-0.4, -0.2) is 31.9 Å². The first-order chi connectivity index (χ1) is 10.0. The van der Waals surface area contributed by atoms with Gasteiger partial charge in [-0.25, -0.2) is 8.42 Å². The van der Waals surface area contributed by atoms with Crippen molar-refractivity contribution in [2.24, 2.45) is 0 Å². The number of thiophene rings is 2. The molecule has 116 valence electrons. The maximum Gasteiger partial charge on any atom is 0.190 e. The summed E-state index contributed by atoms with van der Waals surface area (Å²) in [6, 6.07) is 7.46. The molecule has 7 heteroatoms. The molecule has 0 aliphatic heterocycles. The molecule has 2 aromatic heterocycles. The second-order valence-corrected chi connectivity index (χ2v) is 8.94. The van der Waals surface area contributed by atoms with Crippen LogP contribution in [0.5, 0.6) is 0 Å². The molecule has 0 radical (unpaired) electrons. The van der Waals surface area contributed by atoms with Crippen LogP contribution in [0.3, 0.4) is 0 Å². The van der Waals surface area contributed by atoms with Gasteiger partial charge in [-0.1, -0.05) is 19.1 Å². The number of rotatable bonds is 8. The van der Waals surface area contributed by atoms with E-state index in [2.05, 4.69) is 12.2 Å². The van der Waals surface area contributed by atoms with Crippen LogP contribution < -0.4 is 5.32 Å². The highest BCUT2D eigenvalue weighted by atomic mass is 32.2. The van der Waals surface area contributed by atoms with E-state index in [1.807, 2.05) is 17.5 Å². The summed E-state index contributed by atoms with van der Waals surface area (Å²) < 4.78 is 24.5. The Bertz CT molecular complexity index is 620. The van der Waals surface area contributed by atoms with Gasteiger partial charge in [-0.15, -0.1) is 22.7 Å². The molecule has 2 N–H and O–H groups in total. The van der Waals surface area contributed by atoms with E-state index in [1.165, 1.54) is 16.2 Å². The van der Waals surface area contributed by atoms with E-state index in [1.54, 1.807) is 28.8 Å². The summed E-state index contributed by atoms with van der Waals surface area (Å²) in [4.78, 5) is 1.20. The molecule has 2 atom stereocenters. The predicted octanol–water partition coefficient (Wildman–Crippen LogP) is 2.69. The lowest BCUT2D eigenvalue weighted by Gasteiger charge is -2.18. The molecule has 2 aromatic rings. The van der Waals surface area contributed by atoms with Crippen LogP contribution in [0.25, 0.3) is 0 Å². The molecule has 0 fully saturated rings. The molecule has 2 rings (SSSR count). The molecule has 21 heavy (non-hydrogen) atoms. The van der Waals surface area contributed by atoms with Gasteiger partial charge in [0.25, 0.3) is 0 Å². The van der Waals surface area contributed by atoms with Gasteiger partial charge in [0, 0.05) is 17.5 Å². The highest BCUT2D eigenvalue weighted by Gasteiger charge is 2.21. The fourth-order valence-electron chi connectivity index (χ4n) is 2.05. The molecule has 2 unspecified atom stereocenters. The van der Waals surface area contributed by atoms with Crippen LogP contribution in [0.15, 0.2) is 39.2 Å². The Hall–Kier alpha value is -0.730. The van der Waals surface area contributed by atoms with Gasteiger partial charge in [-0.3, -0.25) is 0 Å². The van der Waals surface area contributed by atoms with Crippen molar-refractivity contribution < 1.29 is 13.5 Å². The third-order valence-electron chi connectivity index (χ3n) is 3.11. The molecule has 0 amide bonds.